The highest BCUT2D eigenvalue weighted by molar-refractivity contribution is 6.65. The molecule has 1 fully saturated rings. The van der Waals surface area contributed by atoms with Gasteiger partial charge in [0.1, 0.15) is 5.75 Å². The number of hydrogen-bond donors (Lipinski definition) is 1. The molecule has 1 heterocycles. The highest BCUT2D eigenvalue weighted by Gasteiger charge is 2.52. The number of hydrogen-bond acceptors (Lipinski definition) is 4. The molecular formula is C13H17BClNO4. The molecule has 108 valence electrons. The summed E-state index contributed by atoms with van der Waals surface area (Å²) in [6, 6.07) is 4.80. The quantitative estimate of drug-likeness (QED) is 0.849. The number of carbonyl (C=O) groups excluding carboxylic acids is 1. The maximum atomic E-state index is 10.7. The van der Waals surface area contributed by atoms with Crippen LogP contribution in [0.5, 0.6) is 5.75 Å². The molecule has 1 aliphatic heterocycles. The van der Waals surface area contributed by atoms with E-state index in [0.717, 1.165) is 0 Å². The molecule has 0 unspecified atom stereocenters. The Kier molecular flexibility index (Phi) is 3.75. The standard InChI is InChI=1S/C13H17BClNO4/c1-12(2)13(3,4)20-14(19-12)9-6-5-8(7-10(9)15)18-11(16)17/h5-7H,1-4H3,(H2,16,17). The second-order valence-electron chi connectivity index (χ2n) is 5.69. The van der Waals surface area contributed by atoms with Gasteiger partial charge >= 0.3 is 13.2 Å². The Labute approximate surface area is 123 Å². The van der Waals surface area contributed by atoms with Crippen LogP contribution in [0.3, 0.4) is 0 Å². The Morgan fingerprint density at radius 3 is 2.25 bits per heavy atom. The van der Waals surface area contributed by atoms with E-state index in [2.05, 4.69) is 0 Å². The second kappa shape index (κ2) is 4.95. The average molecular weight is 298 g/mol. The van der Waals surface area contributed by atoms with Gasteiger partial charge in [-0.05, 0) is 39.8 Å². The molecule has 0 saturated carbocycles. The Balaban J connectivity index is 2.25. The number of carbonyl (C=O) groups is 1. The molecule has 0 bridgehead atoms. The fraction of sp³-hybridized carbons (Fsp3) is 0.462. The van der Waals surface area contributed by atoms with Gasteiger partial charge in [-0.3, -0.25) is 0 Å². The lowest BCUT2D eigenvalue weighted by molar-refractivity contribution is 0.00578. The van der Waals surface area contributed by atoms with Crippen molar-refractivity contribution in [3.8, 4) is 5.75 Å². The van der Waals surface area contributed by atoms with Crippen molar-refractivity contribution in [2.75, 3.05) is 0 Å². The molecule has 2 N–H and O–H groups in total. The third-order valence-electron chi connectivity index (χ3n) is 3.70. The summed E-state index contributed by atoms with van der Waals surface area (Å²) in [4.78, 5) is 10.7. The highest BCUT2D eigenvalue weighted by atomic mass is 35.5. The van der Waals surface area contributed by atoms with Gasteiger partial charge in [0.15, 0.2) is 0 Å². The molecule has 0 radical (unpaired) electrons. The molecule has 0 aliphatic carbocycles. The summed E-state index contributed by atoms with van der Waals surface area (Å²) in [5.41, 5.74) is 4.75. The van der Waals surface area contributed by atoms with Crippen molar-refractivity contribution in [1.29, 1.82) is 0 Å². The minimum atomic E-state index is -0.885. The molecular weight excluding hydrogens is 280 g/mol. The molecule has 5 nitrogen and oxygen atoms in total. The van der Waals surface area contributed by atoms with Gasteiger partial charge in [-0.25, -0.2) is 4.79 Å². The SMILES string of the molecule is CC1(C)OB(c2ccc(OC(N)=O)cc2Cl)OC1(C)C. The number of nitrogens with two attached hydrogens (primary N) is 1. The smallest absolute Gasteiger partial charge is 0.410 e. The molecule has 1 amide bonds. The van der Waals surface area contributed by atoms with Crippen LogP contribution in [0.2, 0.25) is 5.02 Å². The molecule has 20 heavy (non-hydrogen) atoms. The monoisotopic (exact) mass is 297 g/mol. The van der Waals surface area contributed by atoms with Crippen LogP contribution >= 0.6 is 11.6 Å². The third-order valence-corrected chi connectivity index (χ3v) is 4.02. The van der Waals surface area contributed by atoms with E-state index in [1.165, 1.54) is 6.07 Å². The fourth-order valence-electron chi connectivity index (χ4n) is 1.85. The lowest BCUT2D eigenvalue weighted by Gasteiger charge is -2.32. The summed E-state index contributed by atoms with van der Waals surface area (Å²) in [6.45, 7) is 7.86. The van der Waals surface area contributed by atoms with Crippen molar-refractivity contribution in [3.63, 3.8) is 0 Å². The van der Waals surface area contributed by atoms with E-state index < -0.39 is 24.4 Å². The molecule has 1 saturated heterocycles. The maximum Gasteiger partial charge on any atom is 0.496 e. The molecule has 7 heteroatoms. The molecule has 2 rings (SSSR count). The first-order valence-corrected chi connectivity index (χ1v) is 6.62. The number of ether oxygens (including phenoxy) is 1. The normalized spacial score (nSPS) is 19.9. The van der Waals surface area contributed by atoms with E-state index in [-0.39, 0.29) is 5.75 Å². The van der Waals surface area contributed by atoms with Crippen LogP contribution in [0, 0.1) is 0 Å². The number of primary amides is 1. The van der Waals surface area contributed by atoms with Gasteiger partial charge in [-0.1, -0.05) is 17.7 Å². The maximum absolute atomic E-state index is 10.7. The van der Waals surface area contributed by atoms with Crippen LogP contribution in [0.15, 0.2) is 18.2 Å². The van der Waals surface area contributed by atoms with E-state index in [0.29, 0.717) is 10.5 Å². The average Bonchev–Trinajstić information content (AvgIpc) is 2.46. The van der Waals surface area contributed by atoms with E-state index >= 15 is 0 Å². The summed E-state index contributed by atoms with van der Waals surface area (Å²) in [7, 11) is -0.560. The lowest BCUT2D eigenvalue weighted by atomic mass is 9.79. The first-order chi connectivity index (χ1) is 9.12. The molecule has 1 aromatic carbocycles. The van der Waals surface area contributed by atoms with Crippen LogP contribution in [0.25, 0.3) is 0 Å². The third kappa shape index (κ3) is 2.77. The summed E-state index contributed by atoms with van der Waals surface area (Å²) in [5, 5.41) is 0.391. The van der Waals surface area contributed by atoms with Crippen molar-refractivity contribution in [2.24, 2.45) is 5.73 Å². The number of amides is 1. The van der Waals surface area contributed by atoms with Crippen molar-refractivity contribution in [2.45, 2.75) is 38.9 Å². The molecule has 0 atom stereocenters. The van der Waals surface area contributed by atoms with Gasteiger partial charge in [0.2, 0.25) is 0 Å². The summed E-state index contributed by atoms with van der Waals surface area (Å²) >= 11 is 6.19. The Hall–Kier alpha value is -1.24. The number of halogens is 1. The zero-order valence-electron chi connectivity index (χ0n) is 11.9. The minimum absolute atomic E-state index is 0.280. The zero-order chi connectivity index (χ0) is 15.1. The van der Waals surface area contributed by atoms with Gasteiger partial charge in [0.25, 0.3) is 0 Å². The van der Waals surface area contributed by atoms with Crippen LogP contribution in [-0.4, -0.2) is 24.4 Å². The van der Waals surface area contributed by atoms with Gasteiger partial charge < -0.3 is 19.8 Å². The molecule has 0 spiro atoms. The molecule has 1 aliphatic rings. The van der Waals surface area contributed by atoms with Crippen molar-refractivity contribution in [3.05, 3.63) is 23.2 Å². The van der Waals surface area contributed by atoms with Gasteiger partial charge in [-0.2, -0.15) is 0 Å². The lowest BCUT2D eigenvalue weighted by Crippen LogP contribution is -2.41. The largest absolute Gasteiger partial charge is 0.496 e. The fourth-order valence-corrected chi connectivity index (χ4v) is 2.11. The Morgan fingerprint density at radius 2 is 1.80 bits per heavy atom. The van der Waals surface area contributed by atoms with Gasteiger partial charge in [-0.15, -0.1) is 0 Å². The van der Waals surface area contributed by atoms with Crippen molar-refractivity contribution >= 4 is 30.3 Å². The number of benzene rings is 1. The minimum Gasteiger partial charge on any atom is -0.410 e. The highest BCUT2D eigenvalue weighted by Crippen LogP contribution is 2.37. The topological polar surface area (TPSA) is 70.8 Å². The van der Waals surface area contributed by atoms with Gasteiger partial charge in [0, 0.05) is 10.5 Å². The van der Waals surface area contributed by atoms with Crippen molar-refractivity contribution in [1.82, 2.24) is 0 Å². The molecule has 1 aromatic rings. The van der Waals surface area contributed by atoms with Crippen molar-refractivity contribution < 1.29 is 18.8 Å². The predicted octanol–water partition coefficient (Wildman–Crippen LogP) is 2.10. The van der Waals surface area contributed by atoms with Gasteiger partial charge in [0.05, 0.1) is 11.2 Å². The van der Waals surface area contributed by atoms with Crippen LogP contribution in [-0.2, 0) is 9.31 Å². The Morgan fingerprint density at radius 1 is 1.25 bits per heavy atom. The van der Waals surface area contributed by atoms with Crippen LogP contribution < -0.4 is 15.9 Å². The van der Waals surface area contributed by atoms with E-state index in [1.54, 1.807) is 12.1 Å². The van der Waals surface area contributed by atoms with Crippen LogP contribution in [0.1, 0.15) is 27.7 Å². The first-order valence-electron chi connectivity index (χ1n) is 6.25. The molecule has 0 aromatic heterocycles. The zero-order valence-corrected chi connectivity index (χ0v) is 12.7. The first kappa shape index (κ1) is 15.2. The van der Waals surface area contributed by atoms with Crippen LogP contribution in [0.4, 0.5) is 4.79 Å². The number of rotatable bonds is 2. The van der Waals surface area contributed by atoms with E-state index in [9.17, 15) is 4.79 Å². The predicted molar refractivity (Wildman–Crippen MR) is 77.4 cm³/mol. The van der Waals surface area contributed by atoms with E-state index in [4.69, 9.17) is 31.4 Å². The summed E-state index contributed by atoms with van der Waals surface area (Å²) < 4.78 is 16.6. The summed E-state index contributed by atoms with van der Waals surface area (Å²) in [6.07, 6.45) is -0.885. The second-order valence-corrected chi connectivity index (χ2v) is 6.10. The Bertz CT molecular complexity index is 531. The van der Waals surface area contributed by atoms with E-state index in [1.807, 2.05) is 27.7 Å². The summed E-state index contributed by atoms with van der Waals surface area (Å²) in [5.74, 6) is 0.280.